The van der Waals surface area contributed by atoms with Gasteiger partial charge in [0.2, 0.25) is 0 Å². The van der Waals surface area contributed by atoms with Crippen molar-refractivity contribution in [1.29, 1.82) is 0 Å². The summed E-state index contributed by atoms with van der Waals surface area (Å²) >= 11 is 0. The Labute approximate surface area is 135 Å². The van der Waals surface area contributed by atoms with Gasteiger partial charge < -0.3 is 15.4 Å². The highest BCUT2D eigenvalue weighted by atomic mass is 16.5. The zero-order valence-electron chi connectivity index (χ0n) is 12.9. The fourth-order valence-electron chi connectivity index (χ4n) is 3.43. The molecule has 0 bridgehead atoms. The topological polar surface area (TPSA) is 50.4 Å². The zero-order valence-corrected chi connectivity index (χ0v) is 12.9. The van der Waals surface area contributed by atoms with Crippen molar-refractivity contribution >= 4 is 11.7 Å². The Morgan fingerprint density at radius 3 is 2.61 bits per heavy atom. The molecule has 2 N–H and O–H groups in total. The van der Waals surface area contributed by atoms with Gasteiger partial charge in [0.15, 0.2) is 0 Å². The molecular weight excluding hydrogens is 288 g/mol. The molecule has 1 atom stereocenters. The van der Waals surface area contributed by atoms with Gasteiger partial charge in [-0.1, -0.05) is 36.4 Å². The number of hydrogen-bond donors (Lipinski definition) is 2. The Balaban J connectivity index is 1.80. The standard InChI is InChI=1S/C19H18N2O2/c1-23-14-9-6-13(7-10-14)17-16-11-8-12-4-2-3-5-15(12)18(16)21-19(22)20-17/h2-7,9-10,17H,8,11H2,1H3,(H2,20,21,22)/t17-/m1/s1. The van der Waals surface area contributed by atoms with Crippen LogP contribution in [0.1, 0.15) is 29.2 Å². The number of aryl methyl sites for hydroxylation is 1. The summed E-state index contributed by atoms with van der Waals surface area (Å²) < 4.78 is 5.22. The highest BCUT2D eigenvalue weighted by molar-refractivity contribution is 5.91. The Hall–Kier alpha value is -2.75. The largest absolute Gasteiger partial charge is 0.497 e. The highest BCUT2D eigenvalue weighted by Gasteiger charge is 2.31. The lowest BCUT2D eigenvalue weighted by molar-refractivity contribution is 0.240. The normalized spacial score (nSPS) is 19.3. The maximum absolute atomic E-state index is 12.2. The Morgan fingerprint density at radius 1 is 1.04 bits per heavy atom. The molecule has 4 rings (SSSR count). The molecule has 0 saturated heterocycles. The molecule has 2 aliphatic rings. The number of nitrogens with one attached hydrogen (secondary N) is 2. The van der Waals surface area contributed by atoms with E-state index < -0.39 is 0 Å². The lowest BCUT2D eigenvalue weighted by Crippen LogP contribution is -2.44. The minimum absolute atomic E-state index is 0.0852. The second-order valence-corrected chi connectivity index (χ2v) is 5.86. The number of carbonyl (C=O) groups excluding carboxylic acids is 1. The van der Waals surface area contributed by atoms with Gasteiger partial charge in [-0.15, -0.1) is 0 Å². The first-order chi connectivity index (χ1) is 11.3. The molecule has 2 aromatic rings. The third-order valence-electron chi connectivity index (χ3n) is 4.58. The molecule has 0 fully saturated rings. The number of benzene rings is 2. The molecule has 0 saturated carbocycles. The third kappa shape index (κ3) is 2.36. The predicted molar refractivity (Wildman–Crippen MR) is 89.1 cm³/mol. The van der Waals surface area contributed by atoms with E-state index in [1.807, 2.05) is 36.4 Å². The first-order valence-electron chi connectivity index (χ1n) is 7.79. The minimum atomic E-state index is -0.152. The second-order valence-electron chi connectivity index (χ2n) is 5.86. The summed E-state index contributed by atoms with van der Waals surface area (Å²) in [6.07, 6.45) is 1.94. The second kappa shape index (κ2) is 5.47. The summed E-state index contributed by atoms with van der Waals surface area (Å²) in [5.74, 6) is 0.817. The van der Waals surface area contributed by atoms with E-state index in [0.717, 1.165) is 35.4 Å². The van der Waals surface area contributed by atoms with E-state index in [9.17, 15) is 4.79 Å². The Bertz CT molecular complexity index is 793. The number of amides is 2. The van der Waals surface area contributed by atoms with E-state index in [0.29, 0.717) is 0 Å². The number of methoxy groups -OCH3 is 1. The first kappa shape index (κ1) is 13.9. The molecule has 2 amide bonds. The van der Waals surface area contributed by atoms with Crippen LogP contribution in [-0.2, 0) is 6.42 Å². The maximum Gasteiger partial charge on any atom is 0.319 e. The number of carbonyl (C=O) groups is 1. The van der Waals surface area contributed by atoms with Crippen LogP contribution in [0.2, 0.25) is 0 Å². The number of rotatable bonds is 2. The highest BCUT2D eigenvalue weighted by Crippen LogP contribution is 2.38. The molecule has 2 aromatic carbocycles. The summed E-state index contributed by atoms with van der Waals surface area (Å²) in [5.41, 5.74) is 5.72. The predicted octanol–water partition coefficient (Wildman–Crippen LogP) is 3.41. The molecule has 0 aromatic heterocycles. The van der Waals surface area contributed by atoms with Crippen molar-refractivity contribution in [2.75, 3.05) is 7.11 Å². The van der Waals surface area contributed by atoms with Crippen LogP contribution in [0.5, 0.6) is 5.75 Å². The fraction of sp³-hybridized carbons (Fsp3) is 0.211. The lowest BCUT2D eigenvalue weighted by atomic mass is 9.83. The van der Waals surface area contributed by atoms with Crippen LogP contribution < -0.4 is 15.4 Å². The fourth-order valence-corrected chi connectivity index (χ4v) is 3.43. The molecule has 23 heavy (non-hydrogen) atoms. The first-order valence-corrected chi connectivity index (χ1v) is 7.79. The third-order valence-corrected chi connectivity index (χ3v) is 4.58. The lowest BCUT2D eigenvalue weighted by Gasteiger charge is -2.34. The molecule has 1 heterocycles. The smallest absolute Gasteiger partial charge is 0.319 e. The molecule has 1 aliphatic heterocycles. The van der Waals surface area contributed by atoms with E-state index >= 15 is 0 Å². The van der Waals surface area contributed by atoms with Gasteiger partial charge in [0.25, 0.3) is 0 Å². The van der Waals surface area contributed by atoms with Gasteiger partial charge in [0.1, 0.15) is 5.75 Å². The van der Waals surface area contributed by atoms with E-state index in [1.165, 1.54) is 11.1 Å². The number of fused-ring (bicyclic) bond motifs is 2. The Kier molecular flexibility index (Phi) is 3.30. The molecular formula is C19H18N2O2. The number of urea groups is 1. The van der Waals surface area contributed by atoms with Gasteiger partial charge in [-0.3, -0.25) is 0 Å². The van der Waals surface area contributed by atoms with Gasteiger partial charge in [0, 0.05) is 5.56 Å². The van der Waals surface area contributed by atoms with Crippen molar-refractivity contribution in [1.82, 2.24) is 10.6 Å². The van der Waals surface area contributed by atoms with Gasteiger partial charge in [-0.05, 0) is 41.7 Å². The summed E-state index contributed by atoms with van der Waals surface area (Å²) in [6.45, 7) is 0. The molecule has 4 heteroatoms. The van der Waals surface area contributed by atoms with Crippen molar-refractivity contribution in [3.63, 3.8) is 0 Å². The summed E-state index contributed by atoms with van der Waals surface area (Å²) in [4.78, 5) is 12.2. The van der Waals surface area contributed by atoms with E-state index in [-0.39, 0.29) is 12.1 Å². The van der Waals surface area contributed by atoms with Crippen LogP contribution in [0.4, 0.5) is 4.79 Å². The zero-order chi connectivity index (χ0) is 15.8. The number of ether oxygens (including phenoxy) is 1. The van der Waals surface area contributed by atoms with Gasteiger partial charge in [-0.2, -0.15) is 0 Å². The SMILES string of the molecule is COc1ccc([C@H]2NC(=O)NC3=C2CCc2ccccc23)cc1. The van der Waals surface area contributed by atoms with Crippen LogP contribution in [0.15, 0.2) is 54.1 Å². The minimum Gasteiger partial charge on any atom is -0.497 e. The van der Waals surface area contributed by atoms with Crippen LogP contribution in [-0.4, -0.2) is 13.1 Å². The van der Waals surface area contributed by atoms with Crippen LogP contribution in [0, 0.1) is 0 Å². The molecule has 0 radical (unpaired) electrons. The van der Waals surface area contributed by atoms with Crippen molar-refractivity contribution in [3.8, 4) is 5.75 Å². The summed E-state index contributed by atoms with van der Waals surface area (Å²) in [6, 6.07) is 15.9. The van der Waals surface area contributed by atoms with Gasteiger partial charge >= 0.3 is 6.03 Å². The monoisotopic (exact) mass is 306 g/mol. The molecule has 1 aliphatic carbocycles. The van der Waals surface area contributed by atoms with Crippen LogP contribution in [0.25, 0.3) is 5.70 Å². The van der Waals surface area contributed by atoms with E-state index in [2.05, 4.69) is 22.8 Å². The van der Waals surface area contributed by atoms with E-state index in [4.69, 9.17) is 4.74 Å². The molecule has 116 valence electrons. The van der Waals surface area contributed by atoms with Crippen LogP contribution in [0.3, 0.4) is 0 Å². The van der Waals surface area contributed by atoms with Crippen molar-refractivity contribution in [2.45, 2.75) is 18.9 Å². The average molecular weight is 306 g/mol. The summed E-state index contributed by atoms with van der Waals surface area (Å²) in [7, 11) is 1.65. The van der Waals surface area contributed by atoms with Crippen LogP contribution >= 0.6 is 0 Å². The van der Waals surface area contributed by atoms with Crippen molar-refractivity contribution in [3.05, 3.63) is 70.8 Å². The van der Waals surface area contributed by atoms with Gasteiger partial charge in [-0.25, -0.2) is 4.79 Å². The van der Waals surface area contributed by atoms with E-state index in [1.54, 1.807) is 7.11 Å². The molecule has 4 nitrogen and oxygen atoms in total. The average Bonchev–Trinajstić information content (AvgIpc) is 2.61. The Morgan fingerprint density at radius 2 is 1.83 bits per heavy atom. The quantitative estimate of drug-likeness (QED) is 0.893. The number of hydrogen-bond acceptors (Lipinski definition) is 2. The van der Waals surface area contributed by atoms with Crippen molar-refractivity contribution < 1.29 is 9.53 Å². The summed E-state index contributed by atoms with van der Waals surface area (Å²) in [5, 5.41) is 6.05. The maximum atomic E-state index is 12.2. The molecule has 0 spiro atoms. The van der Waals surface area contributed by atoms with Crippen molar-refractivity contribution in [2.24, 2.45) is 0 Å². The van der Waals surface area contributed by atoms with Gasteiger partial charge in [0.05, 0.1) is 18.8 Å². The molecule has 0 unspecified atom stereocenters.